The second-order valence-corrected chi connectivity index (χ2v) is 4.21. The number of methoxy groups -OCH3 is 1. The Bertz CT molecular complexity index is 260. The van der Waals surface area contributed by atoms with Crippen LogP contribution in [-0.2, 0) is 14.3 Å². The van der Waals surface area contributed by atoms with Crippen molar-refractivity contribution in [1.82, 2.24) is 4.90 Å². The van der Waals surface area contributed by atoms with Gasteiger partial charge in [0, 0.05) is 6.54 Å². The smallest absolute Gasteiger partial charge is 0.316 e. The van der Waals surface area contributed by atoms with Gasteiger partial charge in [0.2, 0.25) is 0 Å². The molecule has 1 heterocycles. The third-order valence-electron chi connectivity index (χ3n) is 3.11. The molecule has 0 aromatic rings. The average Bonchev–Trinajstić information content (AvgIpc) is 2.14. The third-order valence-corrected chi connectivity index (χ3v) is 3.11. The number of ketones is 1. The number of piperidine rings is 1. The van der Waals surface area contributed by atoms with Crippen molar-refractivity contribution in [2.75, 3.05) is 20.7 Å². The molecule has 1 unspecified atom stereocenters. The summed E-state index contributed by atoms with van der Waals surface area (Å²) in [5.74, 6) is -1.03. The van der Waals surface area contributed by atoms with Crippen LogP contribution in [0.1, 0.15) is 20.3 Å². The number of likely N-dealkylation sites (N-methyl/N-ethyl adjacent to an activating group) is 1. The quantitative estimate of drug-likeness (QED) is 0.454. The highest BCUT2D eigenvalue weighted by Gasteiger charge is 2.44. The van der Waals surface area contributed by atoms with Gasteiger partial charge in [-0.1, -0.05) is 0 Å². The largest absolute Gasteiger partial charge is 0.468 e. The summed E-state index contributed by atoms with van der Waals surface area (Å²) in [5, 5.41) is 0. The first-order valence-corrected chi connectivity index (χ1v) is 4.74. The van der Waals surface area contributed by atoms with E-state index in [0.29, 0.717) is 6.42 Å². The van der Waals surface area contributed by atoms with Crippen molar-refractivity contribution in [1.29, 1.82) is 0 Å². The number of hydrogen-bond donors (Lipinski definition) is 0. The summed E-state index contributed by atoms with van der Waals surface area (Å²) >= 11 is 0. The van der Waals surface area contributed by atoms with Crippen LogP contribution in [0.2, 0.25) is 0 Å². The molecule has 0 amide bonds. The van der Waals surface area contributed by atoms with Crippen LogP contribution >= 0.6 is 0 Å². The first-order valence-electron chi connectivity index (χ1n) is 4.74. The summed E-state index contributed by atoms with van der Waals surface area (Å²) in [6.07, 6.45) is 0.561. The Balaban J connectivity index is 2.85. The SMILES string of the molecule is COC(=O)C1CCN(C)C(C)(C)C1=O. The van der Waals surface area contributed by atoms with Crippen LogP contribution in [0, 0.1) is 5.92 Å². The van der Waals surface area contributed by atoms with Gasteiger partial charge in [-0.05, 0) is 27.3 Å². The van der Waals surface area contributed by atoms with E-state index < -0.39 is 17.4 Å². The molecule has 0 N–H and O–H groups in total. The van der Waals surface area contributed by atoms with Gasteiger partial charge in [0.1, 0.15) is 5.92 Å². The molecule has 1 aliphatic heterocycles. The fourth-order valence-corrected chi connectivity index (χ4v) is 1.71. The first-order chi connectivity index (χ1) is 6.41. The monoisotopic (exact) mass is 199 g/mol. The lowest BCUT2D eigenvalue weighted by Crippen LogP contribution is -2.56. The Kier molecular flexibility index (Phi) is 2.95. The maximum absolute atomic E-state index is 11.9. The van der Waals surface area contributed by atoms with E-state index in [1.54, 1.807) is 0 Å². The van der Waals surface area contributed by atoms with Crippen LogP contribution in [0.15, 0.2) is 0 Å². The zero-order valence-corrected chi connectivity index (χ0v) is 9.16. The highest BCUT2D eigenvalue weighted by molar-refractivity contribution is 6.04. The van der Waals surface area contributed by atoms with Gasteiger partial charge < -0.3 is 4.74 Å². The molecular weight excluding hydrogens is 182 g/mol. The average molecular weight is 199 g/mol. The number of likely N-dealkylation sites (tertiary alicyclic amines) is 1. The minimum atomic E-state index is -0.578. The van der Waals surface area contributed by atoms with Gasteiger partial charge >= 0.3 is 5.97 Å². The number of esters is 1. The molecule has 0 bridgehead atoms. The molecule has 1 saturated heterocycles. The van der Waals surface area contributed by atoms with Crippen LogP contribution in [0.3, 0.4) is 0 Å². The van der Waals surface area contributed by atoms with Crippen LogP contribution < -0.4 is 0 Å². The lowest BCUT2D eigenvalue weighted by Gasteiger charge is -2.40. The van der Waals surface area contributed by atoms with Crippen molar-refractivity contribution in [3.05, 3.63) is 0 Å². The molecule has 4 heteroatoms. The van der Waals surface area contributed by atoms with Gasteiger partial charge in [0.25, 0.3) is 0 Å². The maximum Gasteiger partial charge on any atom is 0.316 e. The van der Waals surface area contributed by atoms with Crippen molar-refractivity contribution >= 4 is 11.8 Å². The van der Waals surface area contributed by atoms with E-state index in [2.05, 4.69) is 4.74 Å². The molecule has 1 rings (SSSR count). The predicted octanol–water partition coefficient (Wildman–Crippen LogP) is 0.459. The number of hydrogen-bond acceptors (Lipinski definition) is 4. The summed E-state index contributed by atoms with van der Waals surface area (Å²) < 4.78 is 4.61. The lowest BCUT2D eigenvalue weighted by atomic mass is 9.81. The maximum atomic E-state index is 11.9. The Morgan fingerprint density at radius 3 is 2.64 bits per heavy atom. The number of carbonyl (C=O) groups is 2. The molecule has 14 heavy (non-hydrogen) atoms. The van der Waals surface area contributed by atoms with E-state index in [0.717, 1.165) is 6.54 Å². The number of carbonyl (C=O) groups excluding carboxylic acids is 2. The third kappa shape index (κ3) is 1.66. The number of Topliss-reactive ketones (excluding diaryl/α,β-unsaturated/α-hetero) is 1. The van der Waals surface area contributed by atoms with Gasteiger partial charge in [0.05, 0.1) is 12.6 Å². The molecule has 1 aliphatic rings. The van der Waals surface area contributed by atoms with Gasteiger partial charge in [-0.15, -0.1) is 0 Å². The molecule has 0 aromatic carbocycles. The summed E-state index contributed by atoms with van der Waals surface area (Å²) in [6, 6.07) is 0. The minimum Gasteiger partial charge on any atom is -0.468 e. The topological polar surface area (TPSA) is 46.6 Å². The summed E-state index contributed by atoms with van der Waals surface area (Å²) in [7, 11) is 3.21. The molecule has 0 aliphatic carbocycles. The van der Waals surface area contributed by atoms with E-state index in [1.807, 2.05) is 25.8 Å². The fourth-order valence-electron chi connectivity index (χ4n) is 1.71. The van der Waals surface area contributed by atoms with E-state index in [9.17, 15) is 9.59 Å². The summed E-state index contributed by atoms with van der Waals surface area (Å²) in [6.45, 7) is 4.42. The molecule has 0 saturated carbocycles. The van der Waals surface area contributed by atoms with Gasteiger partial charge in [-0.2, -0.15) is 0 Å². The van der Waals surface area contributed by atoms with Crippen molar-refractivity contribution < 1.29 is 14.3 Å². The zero-order chi connectivity index (χ0) is 10.9. The standard InChI is InChI=1S/C10H17NO3/c1-10(2)8(12)7(9(13)14-4)5-6-11(10)3/h7H,5-6H2,1-4H3. The molecule has 0 spiro atoms. The van der Waals surface area contributed by atoms with Crippen LogP contribution in [0.4, 0.5) is 0 Å². The fraction of sp³-hybridized carbons (Fsp3) is 0.800. The Labute approximate surface area is 84.2 Å². The van der Waals surface area contributed by atoms with Crippen molar-refractivity contribution in [2.24, 2.45) is 5.92 Å². The normalized spacial score (nSPS) is 27.4. The molecule has 1 fully saturated rings. The van der Waals surface area contributed by atoms with E-state index in [4.69, 9.17) is 0 Å². The molecular formula is C10H17NO3. The summed E-state index contributed by atoms with van der Waals surface area (Å²) in [5.41, 5.74) is -0.558. The van der Waals surface area contributed by atoms with Gasteiger partial charge in [0.15, 0.2) is 5.78 Å². The second-order valence-electron chi connectivity index (χ2n) is 4.21. The van der Waals surface area contributed by atoms with Crippen LogP contribution in [0.5, 0.6) is 0 Å². The van der Waals surface area contributed by atoms with Gasteiger partial charge in [-0.25, -0.2) is 0 Å². The predicted molar refractivity (Wildman–Crippen MR) is 51.8 cm³/mol. The molecule has 80 valence electrons. The molecule has 0 aromatic heterocycles. The molecule has 0 radical (unpaired) electrons. The van der Waals surface area contributed by atoms with E-state index >= 15 is 0 Å². The van der Waals surface area contributed by atoms with Crippen molar-refractivity contribution in [3.8, 4) is 0 Å². The van der Waals surface area contributed by atoms with E-state index in [1.165, 1.54) is 7.11 Å². The lowest BCUT2D eigenvalue weighted by molar-refractivity contribution is -0.156. The van der Waals surface area contributed by atoms with Crippen LogP contribution in [-0.4, -0.2) is 42.9 Å². The first kappa shape index (κ1) is 11.2. The Hall–Kier alpha value is -0.900. The van der Waals surface area contributed by atoms with Crippen molar-refractivity contribution in [2.45, 2.75) is 25.8 Å². The second kappa shape index (κ2) is 3.69. The zero-order valence-electron chi connectivity index (χ0n) is 9.16. The number of nitrogens with zero attached hydrogens (tertiary/aromatic N) is 1. The highest BCUT2D eigenvalue weighted by atomic mass is 16.5. The van der Waals surface area contributed by atoms with Crippen molar-refractivity contribution in [3.63, 3.8) is 0 Å². The summed E-state index contributed by atoms with van der Waals surface area (Å²) in [4.78, 5) is 25.2. The molecule has 1 atom stereocenters. The Morgan fingerprint density at radius 1 is 1.57 bits per heavy atom. The number of rotatable bonds is 1. The minimum absolute atomic E-state index is 0.0434. The Morgan fingerprint density at radius 2 is 2.14 bits per heavy atom. The van der Waals surface area contributed by atoms with E-state index in [-0.39, 0.29) is 5.78 Å². The van der Waals surface area contributed by atoms with Crippen LogP contribution in [0.25, 0.3) is 0 Å². The number of ether oxygens (including phenoxy) is 1. The molecule has 4 nitrogen and oxygen atoms in total. The highest BCUT2D eigenvalue weighted by Crippen LogP contribution is 2.27. The van der Waals surface area contributed by atoms with Gasteiger partial charge in [-0.3, -0.25) is 14.5 Å².